The van der Waals surface area contributed by atoms with Crippen molar-refractivity contribution in [1.82, 2.24) is 5.32 Å². The van der Waals surface area contributed by atoms with E-state index in [4.69, 9.17) is 27.9 Å². The van der Waals surface area contributed by atoms with Gasteiger partial charge in [0.25, 0.3) is 0 Å². The molecular weight excluding hydrogens is 543 g/mol. The van der Waals surface area contributed by atoms with Gasteiger partial charge in [-0.1, -0.05) is 26.0 Å². The van der Waals surface area contributed by atoms with Crippen molar-refractivity contribution >= 4 is 40.8 Å². The molecule has 1 aromatic rings. The smallest absolute Gasteiger partial charge is 0.306 e. The van der Waals surface area contributed by atoms with E-state index in [1.807, 2.05) is 0 Å². The first-order chi connectivity index (χ1) is 19.3. The van der Waals surface area contributed by atoms with Crippen molar-refractivity contribution in [2.45, 2.75) is 90.6 Å². The third-order valence-corrected chi connectivity index (χ3v) is 11.9. The van der Waals surface area contributed by atoms with Crippen LogP contribution in [0.5, 0.6) is 0 Å². The second-order valence-electron chi connectivity index (χ2n) is 13.4. The van der Waals surface area contributed by atoms with E-state index in [1.165, 1.54) is 31.2 Å². The molecule has 1 N–H and O–H groups in total. The van der Waals surface area contributed by atoms with Gasteiger partial charge >= 0.3 is 5.97 Å². The molecule has 222 valence electrons. The Hall–Kier alpha value is -1.46. The molecule has 1 saturated heterocycles. The Morgan fingerprint density at radius 2 is 1.70 bits per heavy atom. The van der Waals surface area contributed by atoms with Gasteiger partial charge in [0.2, 0.25) is 5.91 Å². The number of nitrogens with one attached hydrogen (secondary N) is 1. The van der Waals surface area contributed by atoms with Crippen molar-refractivity contribution in [3.63, 3.8) is 0 Å². The average molecular weight is 592 g/mol. The molecular formula is C33H48Cl2N2O3. The maximum absolute atomic E-state index is 13.0. The molecule has 7 unspecified atom stereocenters. The van der Waals surface area contributed by atoms with E-state index in [1.54, 1.807) is 0 Å². The molecule has 7 atom stereocenters. The summed E-state index contributed by atoms with van der Waals surface area (Å²) in [4.78, 5) is 27.4. The van der Waals surface area contributed by atoms with Crippen molar-refractivity contribution in [3.8, 4) is 0 Å². The molecule has 40 heavy (non-hydrogen) atoms. The predicted molar refractivity (Wildman–Crippen MR) is 163 cm³/mol. The van der Waals surface area contributed by atoms with Crippen LogP contribution in [0.2, 0.25) is 0 Å². The standard InChI is InChI=1S/C33H48Cl2N2O3/c1-32-17-15-30(38)36-22-24(32)8-11-26-27-12-13-29(33(27,2)16-14-28(26)32)40-31(39)5-3-4-23-6-9-25(10-7-23)37(20-18-34)21-19-35/h6-7,9-10,24,26-29H,3-5,8,11-22H2,1-2H3,(H,36,38). The Morgan fingerprint density at radius 1 is 0.975 bits per heavy atom. The number of anilines is 1. The van der Waals surface area contributed by atoms with Crippen LogP contribution in [0.1, 0.15) is 83.6 Å². The lowest BCUT2D eigenvalue weighted by atomic mass is 9.47. The zero-order valence-corrected chi connectivity index (χ0v) is 25.9. The van der Waals surface area contributed by atoms with Crippen molar-refractivity contribution < 1.29 is 14.3 Å². The Morgan fingerprint density at radius 3 is 2.42 bits per heavy atom. The summed E-state index contributed by atoms with van der Waals surface area (Å²) in [5, 5.41) is 3.18. The molecule has 1 aliphatic heterocycles. The first-order valence-corrected chi connectivity index (χ1v) is 16.8. The highest BCUT2D eigenvalue weighted by atomic mass is 35.5. The lowest BCUT2D eigenvalue weighted by Gasteiger charge is -2.58. The van der Waals surface area contributed by atoms with E-state index in [0.29, 0.717) is 48.3 Å². The van der Waals surface area contributed by atoms with Crippen LogP contribution in [0.3, 0.4) is 0 Å². The van der Waals surface area contributed by atoms with Gasteiger partial charge in [-0.3, -0.25) is 9.59 Å². The van der Waals surface area contributed by atoms with Crippen LogP contribution >= 0.6 is 23.2 Å². The van der Waals surface area contributed by atoms with E-state index in [0.717, 1.165) is 57.4 Å². The monoisotopic (exact) mass is 590 g/mol. The van der Waals surface area contributed by atoms with Crippen molar-refractivity contribution in [3.05, 3.63) is 29.8 Å². The number of nitrogens with zero attached hydrogens (tertiary/aromatic N) is 1. The maximum Gasteiger partial charge on any atom is 0.306 e. The number of hydrogen-bond donors (Lipinski definition) is 1. The topological polar surface area (TPSA) is 58.6 Å². The lowest BCUT2D eigenvalue weighted by molar-refractivity contribution is -0.162. The summed E-state index contributed by atoms with van der Waals surface area (Å²) in [5.41, 5.74) is 2.71. The number of carbonyl (C=O) groups excluding carboxylic acids is 2. The van der Waals surface area contributed by atoms with Crippen molar-refractivity contribution in [1.29, 1.82) is 0 Å². The molecule has 1 amide bonds. The van der Waals surface area contributed by atoms with Gasteiger partial charge in [0.1, 0.15) is 6.10 Å². The number of ether oxygens (including phenoxy) is 1. The summed E-state index contributed by atoms with van der Waals surface area (Å²) in [5.74, 6) is 3.96. The van der Waals surface area contributed by atoms with Crippen LogP contribution < -0.4 is 10.2 Å². The Balaban J connectivity index is 1.13. The molecule has 5 rings (SSSR count). The lowest BCUT2D eigenvalue weighted by Crippen LogP contribution is -2.53. The van der Waals surface area contributed by atoms with Gasteiger partial charge in [0, 0.05) is 55.3 Å². The molecule has 3 aliphatic carbocycles. The van der Waals surface area contributed by atoms with Gasteiger partial charge in [-0.2, -0.15) is 0 Å². The summed E-state index contributed by atoms with van der Waals surface area (Å²) < 4.78 is 6.25. The van der Waals surface area contributed by atoms with Gasteiger partial charge < -0.3 is 15.0 Å². The molecule has 3 saturated carbocycles. The summed E-state index contributed by atoms with van der Waals surface area (Å²) in [6.45, 7) is 7.30. The number of rotatable bonds is 10. The number of benzene rings is 1. The quantitative estimate of drug-likeness (QED) is 0.236. The van der Waals surface area contributed by atoms with Gasteiger partial charge in [-0.15, -0.1) is 23.2 Å². The Labute approximate surface area is 251 Å². The highest BCUT2D eigenvalue weighted by Gasteiger charge is 2.60. The van der Waals surface area contributed by atoms with Crippen molar-refractivity contribution in [2.24, 2.45) is 34.5 Å². The van der Waals surface area contributed by atoms with E-state index >= 15 is 0 Å². The van der Waals surface area contributed by atoms with Crippen LogP contribution in [0.15, 0.2) is 24.3 Å². The number of hydrogen-bond acceptors (Lipinski definition) is 4. The molecule has 0 spiro atoms. The molecule has 4 aliphatic rings. The SMILES string of the molecule is CC12CCC(=O)NCC1CCC1C2CCC2(C)C(OC(=O)CCCc3ccc(N(CCCl)CCCl)cc3)CCC12. The average Bonchev–Trinajstić information content (AvgIpc) is 3.18. The molecule has 1 heterocycles. The first-order valence-electron chi connectivity index (χ1n) is 15.7. The van der Waals surface area contributed by atoms with E-state index in [9.17, 15) is 9.59 Å². The molecule has 7 heteroatoms. The number of fused-ring (bicyclic) bond motifs is 5. The number of halogens is 2. The minimum absolute atomic E-state index is 0.0370. The number of carbonyl (C=O) groups is 2. The predicted octanol–water partition coefficient (Wildman–Crippen LogP) is 6.97. The minimum Gasteiger partial charge on any atom is -0.462 e. The van der Waals surface area contributed by atoms with Crippen LogP contribution in [0, 0.1) is 34.5 Å². The summed E-state index contributed by atoms with van der Waals surface area (Å²) in [7, 11) is 0. The van der Waals surface area contributed by atoms with E-state index < -0.39 is 0 Å². The third-order valence-electron chi connectivity index (χ3n) is 11.5. The van der Waals surface area contributed by atoms with Gasteiger partial charge in [0.05, 0.1) is 0 Å². The molecule has 5 nitrogen and oxygen atoms in total. The van der Waals surface area contributed by atoms with Gasteiger partial charge in [-0.25, -0.2) is 0 Å². The number of alkyl halides is 2. The molecule has 0 aromatic heterocycles. The van der Waals surface area contributed by atoms with Crippen LogP contribution in [-0.2, 0) is 20.7 Å². The fourth-order valence-electron chi connectivity index (χ4n) is 9.22. The normalized spacial score (nSPS) is 35.1. The molecule has 0 bridgehead atoms. The fourth-order valence-corrected chi connectivity index (χ4v) is 9.62. The molecule has 4 fully saturated rings. The zero-order valence-electron chi connectivity index (χ0n) is 24.4. The van der Waals surface area contributed by atoms with E-state index in [-0.39, 0.29) is 28.8 Å². The molecule has 0 radical (unpaired) electrons. The second kappa shape index (κ2) is 12.8. The highest BCUT2D eigenvalue weighted by molar-refractivity contribution is 6.18. The van der Waals surface area contributed by atoms with E-state index in [2.05, 4.69) is 48.3 Å². The second-order valence-corrected chi connectivity index (χ2v) is 14.2. The maximum atomic E-state index is 13.0. The summed E-state index contributed by atoms with van der Waals surface area (Å²) >= 11 is 11.9. The summed E-state index contributed by atoms with van der Waals surface area (Å²) in [6, 6.07) is 8.54. The largest absolute Gasteiger partial charge is 0.462 e. The van der Waals surface area contributed by atoms with Gasteiger partial charge in [0.15, 0.2) is 0 Å². The van der Waals surface area contributed by atoms with Crippen LogP contribution in [-0.4, -0.2) is 49.4 Å². The Kier molecular flexibility index (Phi) is 9.62. The fraction of sp³-hybridized carbons (Fsp3) is 0.758. The van der Waals surface area contributed by atoms with Crippen LogP contribution in [0.25, 0.3) is 0 Å². The zero-order chi connectivity index (χ0) is 28.3. The van der Waals surface area contributed by atoms with Crippen molar-refractivity contribution in [2.75, 3.05) is 36.3 Å². The number of esters is 1. The summed E-state index contributed by atoms with van der Waals surface area (Å²) in [6.07, 6.45) is 10.9. The van der Waals surface area contributed by atoms with Crippen LogP contribution in [0.4, 0.5) is 5.69 Å². The molecule has 1 aromatic carbocycles. The minimum atomic E-state index is -0.0370. The van der Waals surface area contributed by atoms with Gasteiger partial charge in [-0.05, 0) is 105 Å². The number of aryl methyl sites for hydroxylation is 1. The third kappa shape index (κ3) is 6.02. The number of amides is 1. The highest BCUT2D eigenvalue weighted by Crippen LogP contribution is 2.65. The Bertz CT molecular complexity index is 1030. The first kappa shape index (κ1) is 30.0.